The molecule has 0 saturated carbocycles. The Balaban J connectivity index is 3.14. The Kier molecular flexibility index (Phi) is 4.58. The third-order valence-electron chi connectivity index (χ3n) is 2.07. The molecule has 1 aromatic rings. The molecule has 0 unspecified atom stereocenters. The van der Waals surface area contributed by atoms with Crippen LogP contribution in [0.25, 0.3) is 5.57 Å². The summed E-state index contributed by atoms with van der Waals surface area (Å²) < 4.78 is 13.4. The molecule has 0 aliphatic rings. The summed E-state index contributed by atoms with van der Waals surface area (Å²) in [4.78, 5) is 0. The van der Waals surface area contributed by atoms with E-state index in [9.17, 15) is 4.39 Å². The lowest BCUT2D eigenvalue weighted by atomic mass is 9.95. The summed E-state index contributed by atoms with van der Waals surface area (Å²) in [6.45, 7) is 3.82. The summed E-state index contributed by atoms with van der Waals surface area (Å²) in [5.74, 6) is 0.361. The minimum atomic E-state index is -0.372. The minimum Gasteiger partial charge on any atom is -0.245 e. The number of rotatable bonds is 3. The Hall–Kier alpha value is -0.380. The SMILES string of the molecule is CC(C)/C(=C(/I)CF)c1ccccc1. The highest BCUT2D eigenvalue weighted by Gasteiger charge is 2.10. The van der Waals surface area contributed by atoms with Crippen LogP contribution in [0.3, 0.4) is 0 Å². The summed E-state index contributed by atoms with van der Waals surface area (Å²) in [7, 11) is 0. The van der Waals surface area contributed by atoms with Crippen molar-refractivity contribution in [3.05, 3.63) is 39.5 Å². The number of halogens is 2. The van der Waals surface area contributed by atoms with E-state index < -0.39 is 0 Å². The van der Waals surface area contributed by atoms with Crippen molar-refractivity contribution in [3.8, 4) is 0 Å². The highest BCUT2D eigenvalue weighted by molar-refractivity contribution is 14.1. The Morgan fingerprint density at radius 2 is 1.86 bits per heavy atom. The Bertz CT molecular complexity index is 314. The molecule has 1 rings (SSSR count). The van der Waals surface area contributed by atoms with Crippen LogP contribution in [0.1, 0.15) is 19.4 Å². The first kappa shape index (κ1) is 11.7. The molecule has 76 valence electrons. The second-order valence-corrected chi connectivity index (χ2v) is 4.78. The van der Waals surface area contributed by atoms with Gasteiger partial charge in [-0.3, -0.25) is 0 Å². The first-order valence-corrected chi connectivity index (χ1v) is 5.74. The highest BCUT2D eigenvalue weighted by Crippen LogP contribution is 2.30. The molecule has 0 bridgehead atoms. The Labute approximate surface area is 98.4 Å². The van der Waals surface area contributed by atoms with Gasteiger partial charge in [-0.2, -0.15) is 0 Å². The van der Waals surface area contributed by atoms with Gasteiger partial charge in [0.05, 0.1) is 0 Å². The molecule has 0 radical (unpaired) electrons. The summed E-state index contributed by atoms with van der Waals surface area (Å²) >= 11 is 2.09. The van der Waals surface area contributed by atoms with Gasteiger partial charge in [0.2, 0.25) is 0 Å². The lowest BCUT2D eigenvalue weighted by Gasteiger charge is -2.13. The van der Waals surface area contributed by atoms with E-state index in [0.717, 1.165) is 14.7 Å². The smallest absolute Gasteiger partial charge is 0.120 e. The largest absolute Gasteiger partial charge is 0.245 e. The van der Waals surface area contributed by atoms with E-state index in [1.807, 2.05) is 30.3 Å². The van der Waals surface area contributed by atoms with Crippen molar-refractivity contribution in [2.45, 2.75) is 13.8 Å². The number of alkyl halides is 1. The van der Waals surface area contributed by atoms with Crippen LogP contribution < -0.4 is 0 Å². The normalized spacial score (nSPS) is 12.9. The van der Waals surface area contributed by atoms with Gasteiger partial charge in [-0.25, -0.2) is 4.39 Å². The van der Waals surface area contributed by atoms with E-state index in [1.165, 1.54) is 0 Å². The van der Waals surface area contributed by atoms with Crippen LogP contribution in [0, 0.1) is 5.92 Å². The molecule has 0 fully saturated rings. The second-order valence-electron chi connectivity index (χ2n) is 3.47. The molecule has 0 N–H and O–H groups in total. The van der Waals surface area contributed by atoms with Gasteiger partial charge in [-0.1, -0.05) is 44.2 Å². The topological polar surface area (TPSA) is 0 Å². The number of benzene rings is 1. The van der Waals surface area contributed by atoms with Gasteiger partial charge in [-0.05, 0) is 39.6 Å². The fourth-order valence-electron chi connectivity index (χ4n) is 1.49. The van der Waals surface area contributed by atoms with Crippen LogP contribution in [0.2, 0.25) is 0 Å². The van der Waals surface area contributed by atoms with Crippen molar-refractivity contribution in [1.82, 2.24) is 0 Å². The molecule has 0 spiro atoms. The number of allylic oxidation sites excluding steroid dienone is 2. The molecule has 0 saturated heterocycles. The summed E-state index contributed by atoms with van der Waals surface area (Å²) in [5, 5.41) is 0. The molecule has 0 aliphatic carbocycles. The zero-order valence-electron chi connectivity index (χ0n) is 8.43. The van der Waals surface area contributed by atoms with Crippen LogP contribution in [0.5, 0.6) is 0 Å². The summed E-state index contributed by atoms with van der Waals surface area (Å²) in [6, 6.07) is 10.0. The van der Waals surface area contributed by atoms with Gasteiger partial charge in [-0.15, -0.1) is 0 Å². The molecule has 1 aromatic carbocycles. The zero-order chi connectivity index (χ0) is 10.6. The van der Waals surface area contributed by atoms with Crippen molar-refractivity contribution >= 4 is 28.2 Å². The molecule has 0 heterocycles. The average Bonchev–Trinajstić information content (AvgIpc) is 2.19. The Morgan fingerprint density at radius 3 is 2.29 bits per heavy atom. The van der Waals surface area contributed by atoms with E-state index in [1.54, 1.807) is 0 Å². The first-order chi connectivity index (χ1) is 6.66. The van der Waals surface area contributed by atoms with Crippen LogP contribution in [0.15, 0.2) is 33.9 Å². The maximum Gasteiger partial charge on any atom is 0.120 e. The molecule has 14 heavy (non-hydrogen) atoms. The van der Waals surface area contributed by atoms with Gasteiger partial charge in [0.25, 0.3) is 0 Å². The Morgan fingerprint density at radius 1 is 1.29 bits per heavy atom. The zero-order valence-corrected chi connectivity index (χ0v) is 10.6. The molecular formula is C12H14FI. The first-order valence-electron chi connectivity index (χ1n) is 4.66. The molecule has 0 aliphatic heterocycles. The summed E-state index contributed by atoms with van der Waals surface area (Å²) in [5.41, 5.74) is 2.25. The van der Waals surface area contributed by atoms with Gasteiger partial charge in [0.15, 0.2) is 0 Å². The molecular weight excluding hydrogens is 290 g/mol. The molecule has 2 heteroatoms. The molecule has 0 aromatic heterocycles. The predicted octanol–water partition coefficient (Wildman–Crippen LogP) is 4.46. The standard InChI is InChI=1S/C12H14FI/c1-9(2)12(11(14)8-13)10-6-4-3-5-7-10/h3-7,9H,8H2,1-2H3/b12-11-. The van der Waals surface area contributed by atoms with Gasteiger partial charge >= 0.3 is 0 Å². The maximum atomic E-state index is 12.6. The van der Waals surface area contributed by atoms with E-state index in [0.29, 0.717) is 5.92 Å². The lowest BCUT2D eigenvalue weighted by molar-refractivity contribution is 0.558. The maximum absolute atomic E-state index is 12.6. The monoisotopic (exact) mass is 304 g/mol. The van der Waals surface area contributed by atoms with Crippen molar-refractivity contribution in [2.24, 2.45) is 5.92 Å². The fourth-order valence-corrected chi connectivity index (χ4v) is 2.43. The van der Waals surface area contributed by atoms with Crippen LogP contribution >= 0.6 is 22.6 Å². The average molecular weight is 304 g/mol. The molecule has 0 nitrogen and oxygen atoms in total. The quantitative estimate of drug-likeness (QED) is 0.723. The van der Waals surface area contributed by atoms with Crippen LogP contribution in [-0.4, -0.2) is 6.67 Å². The van der Waals surface area contributed by atoms with E-state index in [-0.39, 0.29) is 6.67 Å². The molecule has 0 atom stereocenters. The third-order valence-corrected chi connectivity index (χ3v) is 2.94. The van der Waals surface area contributed by atoms with Crippen molar-refractivity contribution < 1.29 is 4.39 Å². The molecule has 0 amide bonds. The summed E-state index contributed by atoms with van der Waals surface area (Å²) in [6.07, 6.45) is 0. The second kappa shape index (κ2) is 5.49. The number of hydrogen-bond acceptors (Lipinski definition) is 0. The van der Waals surface area contributed by atoms with Crippen molar-refractivity contribution in [1.29, 1.82) is 0 Å². The van der Waals surface area contributed by atoms with E-state index >= 15 is 0 Å². The fraction of sp³-hybridized carbons (Fsp3) is 0.333. The van der Waals surface area contributed by atoms with E-state index in [4.69, 9.17) is 0 Å². The predicted molar refractivity (Wildman–Crippen MR) is 68.2 cm³/mol. The van der Waals surface area contributed by atoms with Gasteiger partial charge in [0.1, 0.15) is 6.67 Å². The van der Waals surface area contributed by atoms with Crippen LogP contribution in [-0.2, 0) is 0 Å². The highest BCUT2D eigenvalue weighted by atomic mass is 127. The van der Waals surface area contributed by atoms with E-state index in [2.05, 4.69) is 36.4 Å². The van der Waals surface area contributed by atoms with Gasteiger partial charge in [0, 0.05) is 3.58 Å². The van der Waals surface area contributed by atoms with Crippen LogP contribution in [0.4, 0.5) is 4.39 Å². The van der Waals surface area contributed by atoms with Crippen molar-refractivity contribution in [3.63, 3.8) is 0 Å². The number of hydrogen-bond donors (Lipinski definition) is 0. The van der Waals surface area contributed by atoms with Crippen molar-refractivity contribution in [2.75, 3.05) is 6.67 Å². The third kappa shape index (κ3) is 2.80. The lowest BCUT2D eigenvalue weighted by Crippen LogP contribution is -1.97. The van der Waals surface area contributed by atoms with Gasteiger partial charge < -0.3 is 0 Å². The minimum absolute atomic E-state index is 0.361.